The first-order valence-electron chi connectivity index (χ1n) is 10.1. The SMILES string of the molecule is NC(=O)c1nc(-c2c(F)cccc2F)oc1Nc1ccc(C(=O)NC2CCNCC2)cc1. The highest BCUT2D eigenvalue weighted by Crippen LogP contribution is 2.31. The lowest BCUT2D eigenvalue weighted by atomic mass is 10.1. The van der Waals surface area contributed by atoms with Crippen molar-refractivity contribution < 1.29 is 22.8 Å². The van der Waals surface area contributed by atoms with Crippen molar-refractivity contribution in [1.29, 1.82) is 0 Å². The van der Waals surface area contributed by atoms with Gasteiger partial charge in [0, 0.05) is 17.3 Å². The fourth-order valence-electron chi connectivity index (χ4n) is 3.45. The zero-order chi connectivity index (χ0) is 22.7. The van der Waals surface area contributed by atoms with Gasteiger partial charge in [0.15, 0.2) is 5.69 Å². The molecule has 0 radical (unpaired) electrons. The minimum absolute atomic E-state index is 0.131. The van der Waals surface area contributed by atoms with E-state index in [1.54, 1.807) is 24.3 Å². The van der Waals surface area contributed by atoms with Gasteiger partial charge in [-0.25, -0.2) is 13.8 Å². The molecular weight excluding hydrogens is 420 g/mol. The summed E-state index contributed by atoms with van der Waals surface area (Å²) in [5, 5.41) is 9.06. The number of carbonyl (C=O) groups is 2. The number of nitrogens with one attached hydrogen (secondary N) is 3. The van der Waals surface area contributed by atoms with Gasteiger partial charge in [-0.3, -0.25) is 9.59 Å². The first-order chi connectivity index (χ1) is 15.4. The zero-order valence-electron chi connectivity index (χ0n) is 17.0. The fourth-order valence-corrected chi connectivity index (χ4v) is 3.45. The molecule has 4 rings (SSSR count). The molecule has 1 saturated heterocycles. The smallest absolute Gasteiger partial charge is 0.273 e. The molecule has 0 saturated carbocycles. The molecule has 1 aliphatic rings. The average molecular weight is 441 g/mol. The van der Waals surface area contributed by atoms with Crippen LogP contribution in [0, 0.1) is 11.6 Å². The minimum Gasteiger partial charge on any atom is -0.419 e. The number of halogens is 2. The van der Waals surface area contributed by atoms with E-state index in [1.807, 2.05) is 0 Å². The maximum absolute atomic E-state index is 14.1. The minimum atomic E-state index is -0.933. The van der Waals surface area contributed by atoms with Gasteiger partial charge in [-0.05, 0) is 62.3 Å². The summed E-state index contributed by atoms with van der Waals surface area (Å²) in [7, 11) is 0. The second-order valence-electron chi connectivity index (χ2n) is 7.36. The van der Waals surface area contributed by atoms with Crippen LogP contribution in [0.15, 0.2) is 46.9 Å². The monoisotopic (exact) mass is 441 g/mol. The number of oxazole rings is 1. The summed E-state index contributed by atoms with van der Waals surface area (Å²) in [6.45, 7) is 1.73. The first kappa shape index (κ1) is 21.4. The van der Waals surface area contributed by atoms with Gasteiger partial charge in [0.2, 0.25) is 11.8 Å². The first-order valence-corrected chi connectivity index (χ1v) is 10.1. The molecule has 0 bridgehead atoms. The summed E-state index contributed by atoms with van der Waals surface area (Å²) >= 11 is 0. The van der Waals surface area contributed by atoms with Crippen LogP contribution in [0.25, 0.3) is 11.5 Å². The molecule has 2 heterocycles. The quantitative estimate of drug-likeness (QED) is 0.467. The molecular formula is C22H21F2N5O3. The van der Waals surface area contributed by atoms with Crippen LogP contribution in [-0.2, 0) is 0 Å². The van der Waals surface area contributed by atoms with E-state index in [4.69, 9.17) is 10.2 Å². The van der Waals surface area contributed by atoms with Gasteiger partial charge >= 0.3 is 0 Å². The number of anilines is 2. The van der Waals surface area contributed by atoms with Crippen LogP contribution in [0.1, 0.15) is 33.7 Å². The van der Waals surface area contributed by atoms with Crippen LogP contribution in [0.5, 0.6) is 0 Å². The van der Waals surface area contributed by atoms with Crippen LogP contribution >= 0.6 is 0 Å². The molecule has 0 atom stereocenters. The van der Waals surface area contributed by atoms with E-state index >= 15 is 0 Å². The van der Waals surface area contributed by atoms with E-state index in [2.05, 4.69) is 20.9 Å². The van der Waals surface area contributed by atoms with Crippen molar-refractivity contribution in [2.45, 2.75) is 18.9 Å². The third-order valence-corrected chi connectivity index (χ3v) is 5.12. The fraction of sp³-hybridized carbons (Fsp3) is 0.227. The van der Waals surface area contributed by atoms with Crippen LogP contribution in [0.3, 0.4) is 0 Å². The highest BCUT2D eigenvalue weighted by atomic mass is 19.1. The molecule has 0 spiro atoms. The van der Waals surface area contributed by atoms with E-state index in [0.717, 1.165) is 38.1 Å². The number of nitrogens with two attached hydrogens (primary N) is 1. The van der Waals surface area contributed by atoms with Crippen LogP contribution in [0.4, 0.5) is 20.4 Å². The van der Waals surface area contributed by atoms with Crippen LogP contribution in [-0.4, -0.2) is 35.9 Å². The second kappa shape index (κ2) is 9.15. The van der Waals surface area contributed by atoms with Crippen molar-refractivity contribution in [3.05, 3.63) is 65.4 Å². The average Bonchev–Trinajstić information content (AvgIpc) is 3.18. The molecule has 1 fully saturated rings. The van der Waals surface area contributed by atoms with Gasteiger partial charge in [-0.2, -0.15) is 0 Å². The Bertz CT molecular complexity index is 1120. The number of rotatable bonds is 6. The molecule has 5 N–H and O–H groups in total. The van der Waals surface area contributed by atoms with Gasteiger partial charge < -0.3 is 26.1 Å². The number of nitrogens with zero attached hydrogens (tertiary/aromatic N) is 1. The molecule has 0 unspecified atom stereocenters. The van der Waals surface area contributed by atoms with Gasteiger partial charge in [0.05, 0.1) is 0 Å². The predicted octanol–water partition coefficient (Wildman–Crippen LogP) is 2.94. The van der Waals surface area contributed by atoms with Crippen molar-refractivity contribution in [2.75, 3.05) is 18.4 Å². The Hall–Kier alpha value is -3.79. The highest BCUT2D eigenvalue weighted by Gasteiger charge is 2.23. The van der Waals surface area contributed by atoms with Crippen molar-refractivity contribution in [3.8, 4) is 11.5 Å². The zero-order valence-corrected chi connectivity index (χ0v) is 17.0. The third-order valence-electron chi connectivity index (χ3n) is 5.12. The van der Waals surface area contributed by atoms with Gasteiger partial charge in [0.25, 0.3) is 11.8 Å². The summed E-state index contributed by atoms with van der Waals surface area (Å²) in [5.74, 6) is -3.48. The molecule has 2 amide bonds. The number of piperidine rings is 1. The molecule has 1 aliphatic heterocycles. The Kier molecular flexibility index (Phi) is 6.13. The molecule has 166 valence electrons. The number of hydrogen-bond donors (Lipinski definition) is 4. The molecule has 2 aromatic carbocycles. The van der Waals surface area contributed by atoms with Crippen molar-refractivity contribution >= 4 is 23.4 Å². The standard InChI is InChI=1S/C22H21F2N5O3/c23-15-2-1-3-16(24)17(15)21-29-18(19(25)30)22(32-21)28-13-6-4-12(5-7-13)20(31)27-14-8-10-26-11-9-14/h1-7,14,26,28H,8-11H2,(H2,25,30)(H,27,31). The number of amides is 2. The van der Waals surface area contributed by atoms with Crippen molar-refractivity contribution in [3.63, 3.8) is 0 Å². The van der Waals surface area contributed by atoms with Crippen LogP contribution < -0.4 is 21.7 Å². The summed E-state index contributed by atoms with van der Waals surface area (Å²) in [6.07, 6.45) is 1.75. The molecule has 8 nitrogen and oxygen atoms in total. The Morgan fingerprint density at radius 1 is 1.06 bits per heavy atom. The Morgan fingerprint density at radius 3 is 2.34 bits per heavy atom. The number of hydrogen-bond acceptors (Lipinski definition) is 6. The molecule has 3 aromatic rings. The van der Waals surface area contributed by atoms with E-state index < -0.39 is 29.0 Å². The molecule has 10 heteroatoms. The van der Waals surface area contributed by atoms with E-state index in [-0.39, 0.29) is 23.5 Å². The predicted molar refractivity (Wildman–Crippen MR) is 113 cm³/mol. The maximum Gasteiger partial charge on any atom is 0.273 e. The molecule has 0 aliphatic carbocycles. The summed E-state index contributed by atoms with van der Waals surface area (Å²) in [6, 6.07) is 9.86. The summed E-state index contributed by atoms with van der Waals surface area (Å²) in [5.41, 5.74) is 5.45. The number of aromatic nitrogens is 1. The summed E-state index contributed by atoms with van der Waals surface area (Å²) in [4.78, 5) is 28.1. The third kappa shape index (κ3) is 4.59. The normalized spacial score (nSPS) is 14.2. The second-order valence-corrected chi connectivity index (χ2v) is 7.36. The number of primary amides is 1. The van der Waals surface area contributed by atoms with E-state index in [1.165, 1.54) is 6.07 Å². The summed E-state index contributed by atoms with van der Waals surface area (Å²) < 4.78 is 33.6. The highest BCUT2D eigenvalue weighted by molar-refractivity contribution is 5.97. The Morgan fingerprint density at radius 2 is 1.72 bits per heavy atom. The van der Waals surface area contributed by atoms with Gasteiger partial charge in [-0.15, -0.1) is 0 Å². The Labute approximate surface area is 182 Å². The lowest BCUT2D eigenvalue weighted by Gasteiger charge is -2.23. The largest absolute Gasteiger partial charge is 0.419 e. The van der Waals surface area contributed by atoms with Crippen molar-refractivity contribution in [2.24, 2.45) is 5.73 Å². The lowest BCUT2D eigenvalue weighted by Crippen LogP contribution is -2.42. The van der Waals surface area contributed by atoms with Crippen molar-refractivity contribution in [1.82, 2.24) is 15.6 Å². The van der Waals surface area contributed by atoms with Gasteiger partial charge in [-0.1, -0.05) is 6.07 Å². The van der Waals surface area contributed by atoms with E-state index in [9.17, 15) is 18.4 Å². The van der Waals surface area contributed by atoms with Crippen LogP contribution in [0.2, 0.25) is 0 Å². The molecule has 1 aromatic heterocycles. The van der Waals surface area contributed by atoms with E-state index in [0.29, 0.717) is 11.3 Å². The topological polar surface area (TPSA) is 122 Å². The maximum atomic E-state index is 14.1. The number of benzene rings is 2. The lowest BCUT2D eigenvalue weighted by molar-refractivity contribution is 0.0928. The molecule has 32 heavy (non-hydrogen) atoms. The Balaban J connectivity index is 1.53. The number of carbonyl (C=O) groups excluding carboxylic acids is 2. The van der Waals surface area contributed by atoms with Gasteiger partial charge in [0.1, 0.15) is 17.2 Å².